The molecule has 116 valence electrons. The third-order valence-electron chi connectivity index (χ3n) is 2.86. The van der Waals surface area contributed by atoms with E-state index >= 15 is 0 Å². The van der Waals surface area contributed by atoms with Crippen LogP contribution in [-0.2, 0) is 0 Å². The fourth-order valence-corrected chi connectivity index (χ4v) is 1.72. The van der Waals surface area contributed by atoms with Crippen molar-refractivity contribution in [1.82, 2.24) is 20.5 Å². The highest BCUT2D eigenvalue weighted by Gasteiger charge is 2.11. The topological polar surface area (TPSA) is 74.3 Å². The Bertz CT molecular complexity index is 474. The SMILES string of the molecule is CCCNC(=O)c1ccnc(C(=O)NCCCN(C)C)c1. The number of nitrogens with zero attached hydrogens (tertiary/aromatic N) is 2. The van der Waals surface area contributed by atoms with E-state index in [-0.39, 0.29) is 17.5 Å². The summed E-state index contributed by atoms with van der Waals surface area (Å²) >= 11 is 0. The maximum absolute atomic E-state index is 12.0. The molecule has 0 aliphatic heterocycles. The minimum Gasteiger partial charge on any atom is -0.352 e. The number of hydrogen-bond donors (Lipinski definition) is 2. The Balaban J connectivity index is 2.54. The van der Waals surface area contributed by atoms with Crippen molar-refractivity contribution in [3.8, 4) is 0 Å². The average Bonchev–Trinajstić information content (AvgIpc) is 2.48. The molecule has 1 aromatic heterocycles. The predicted octanol–water partition coefficient (Wildman–Crippen LogP) is 0.903. The van der Waals surface area contributed by atoms with E-state index in [1.807, 2.05) is 21.0 Å². The van der Waals surface area contributed by atoms with Crippen LogP contribution < -0.4 is 10.6 Å². The Kier molecular flexibility index (Phi) is 7.39. The van der Waals surface area contributed by atoms with Gasteiger partial charge in [-0.1, -0.05) is 6.92 Å². The molecule has 1 heterocycles. The Morgan fingerprint density at radius 2 is 1.90 bits per heavy atom. The predicted molar refractivity (Wildman–Crippen MR) is 82.4 cm³/mol. The van der Waals surface area contributed by atoms with E-state index in [0.717, 1.165) is 19.4 Å². The molecule has 0 atom stereocenters. The largest absolute Gasteiger partial charge is 0.352 e. The van der Waals surface area contributed by atoms with E-state index in [1.165, 1.54) is 12.3 Å². The first-order valence-electron chi connectivity index (χ1n) is 7.21. The highest BCUT2D eigenvalue weighted by Crippen LogP contribution is 2.02. The Morgan fingerprint density at radius 3 is 2.57 bits per heavy atom. The maximum Gasteiger partial charge on any atom is 0.269 e. The molecule has 6 nitrogen and oxygen atoms in total. The number of pyridine rings is 1. The van der Waals surface area contributed by atoms with Crippen LogP contribution in [0.1, 0.15) is 40.6 Å². The highest BCUT2D eigenvalue weighted by molar-refractivity contribution is 5.98. The minimum atomic E-state index is -0.251. The summed E-state index contributed by atoms with van der Waals surface area (Å²) in [4.78, 5) is 29.9. The maximum atomic E-state index is 12.0. The molecule has 0 unspecified atom stereocenters. The van der Waals surface area contributed by atoms with Gasteiger partial charge in [0.15, 0.2) is 0 Å². The van der Waals surface area contributed by atoms with Crippen LogP contribution in [0.25, 0.3) is 0 Å². The number of aromatic nitrogens is 1. The molecule has 0 fully saturated rings. The van der Waals surface area contributed by atoms with Gasteiger partial charge >= 0.3 is 0 Å². The standard InChI is InChI=1S/C15H24N4O2/c1-4-7-17-14(20)12-6-9-16-13(11-12)15(21)18-8-5-10-19(2)3/h6,9,11H,4-5,7-8,10H2,1-3H3,(H,17,20)(H,18,21). The zero-order chi connectivity index (χ0) is 15.7. The van der Waals surface area contributed by atoms with Gasteiger partial charge in [0, 0.05) is 24.8 Å². The number of hydrogen-bond acceptors (Lipinski definition) is 4. The van der Waals surface area contributed by atoms with Gasteiger partial charge in [-0.25, -0.2) is 0 Å². The Morgan fingerprint density at radius 1 is 1.19 bits per heavy atom. The molecular weight excluding hydrogens is 268 g/mol. The monoisotopic (exact) mass is 292 g/mol. The van der Waals surface area contributed by atoms with Crippen molar-refractivity contribution in [2.45, 2.75) is 19.8 Å². The third kappa shape index (κ3) is 6.35. The first-order chi connectivity index (χ1) is 10.0. The first-order valence-corrected chi connectivity index (χ1v) is 7.21. The van der Waals surface area contributed by atoms with Gasteiger partial charge in [-0.3, -0.25) is 14.6 Å². The van der Waals surface area contributed by atoms with Crippen LogP contribution in [0.2, 0.25) is 0 Å². The molecule has 0 radical (unpaired) electrons. The van der Waals surface area contributed by atoms with Gasteiger partial charge in [-0.05, 0) is 45.6 Å². The molecule has 21 heavy (non-hydrogen) atoms. The van der Waals surface area contributed by atoms with Crippen LogP contribution >= 0.6 is 0 Å². The summed E-state index contributed by atoms with van der Waals surface area (Å²) in [6.07, 6.45) is 3.22. The van der Waals surface area contributed by atoms with Crippen molar-refractivity contribution < 1.29 is 9.59 Å². The van der Waals surface area contributed by atoms with Gasteiger partial charge in [0.2, 0.25) is 0 Å². The lowest BCUT2D eigenvalue weighted by molar-refractivity contribution is 0.0947. The Hall–Kier alpha value is -1.95. The smallest absolute Gasteiger partial charge is 0.269 e. The highest BCUT2D eigenvalue weighted by atomic mass is 16.2. The van der Waals surface area contributed by atoms with E-state index < -0.39 is 0 Å². The van der Waals surface area contributed by atoms with Crippen LogP contribution in [0.15, 0.2) is 18.3 Å². The van der Waals surface area contributed by atoms with Gasteiger partial charge in [-0.15, -0.1) is 0 Å². The average molecular weight is 292 g/mol. The molecule has 2 amide bonds. The van der Waals surface area contributed by atoms with Crippen molar-refractivity contribution in [2.75, 3.05) is 33.7 Å². The molecule has 0 bridgehead atoms. The molecular formula is C15H24N4O2. The number of carbonyl (C=O) groups is 2. The van der Waals surface area contributed by atoms with Gasteiger partial charge in [-0.2, -0.15) is 0 Å². The van der Waals surface area contributed by atoms with Gasteiger partial charge in [0.05, 0.1) is 0 Å². The van der Waals surface area contributed by atoms with Gasteiger partial charge in [0.1, 0.15) is 5.69 Å². The molecule has 0 saturated carbocycles. The number of carbonyl (C=O) groups excluding carboxylic acids is 2. The van der Waals surface area contributed by atoms with E-state index in [4.69, 9.17) is 0 Å². The summed E-state index contributed by atoms with van der Waals surface area (Å²) in [7, 11) is 3.98. The van der Waals surface area contributed by atoms with Gasteiger partial charge < -0.3 is 15.5 Å². The molecule has 0 aliphatic carbocycles. The summed E-state index contributed by atoms with van der Waals surface area (Å²) in [6.45, 7) is 4.10. The summed E-state index contributed by atoms with van der Waals surface area (Å²) in [5.41, 5.74) is 0.723. The number of amides is 2. The first kappa shape index (κ1) is 17.1. The van der Waals surface area contributed by atoms with Gasteiger partial charge in [0.25, 0.3) is 11.8 Å². The van der Waals surface area contributed by atoms with Crippen molar-refractivity contribution in [1.29, 1.82) is 0 Å². The molecule has 0 saturated heterocycles. The lowest BCUT2D eigenvalue weighted by atomic mass is 10.2. The van der Waals surface area contributed by atoms with Crippen LogP contribution in [0.3, 0.4) is 0 Å². The summed E-state index contributed by atoms with van der Waals surface area (Å²) in [6, 6.07) is 3.13. The van der Waals surface area contributed by atoms with Crippen molar-refractivity contribution in [2.24, 2.45) is 0 Å². The van der Waals surface area contributed by atoms with Crippen molar-refractivity contribution >= 4 is 11.8 Å². The quantitative estimate of drug-likeness (QED) is 0.698. The van der Waals surface area contributed by atoms with Crippen LogP contribution in [0, 0.1) is 0 Å². The molecule has 2 N–H and O–H groups in total. The van der Waals surface area contributed by atoms with E-state index in [2.05, 4.69) is 20.5 Å². The van der Waals surface area contributed by atoms with Crippen LogP contribution in [0.5, 0.6) is 0 Å². The molecule has 1 aromatic rings. The second-order valence-corrected chi connectivity index (χ2v) is 5.10. The Labute approximate surface area is 125 Å². The lowest BCUT2D eigenvalue weighted by Crippen LogP contribution is -2.28. The fourth-order valence-electron chi connectivity index (χ4n) is 1.72. The van der Waals surface area contributed by atoms with Crippen molar-refractivity contribution in [3.05, 3.63) is 29.6 Å². The van der Waals surface area contributed by atoms with E-state index in [9.17, 15) is 9.59 Å². The molecule has 1 rings (SSSR count). The molecule has 0 spiro atoms. The minimum absolute atomic E-state index is 0.180. The lowest BCUT2D eigenvalue weighted by Gasteiger charge is -2.10. The summed E-state index contributed by atoms with van der Waals surface area (Å²) in [5, 5.41) is 5.58. The molecule has 0 aliphatic rings. The second kappa shape index (κ2) is 9.07. The zero-order valence-electron chi connectivity index (χ0n) is 13.0. The van der Waals surface area contributed by atoms with E-state index in [1.54, 1.807) is 6.07 Å². The zero-order valence-corrected chi connectivity index (χ0v) is 13.0. The second-order valence-electron chi connectivity index (χ2n) is 5.10. The summed E-state index contributed by atoms with van der Waals surface area (Å²) < 4.78 is 0. The van der Waals surface area contributed by atoms with Crippen molar-refractivity contribution in [3.63, 3.8) is 0 Å². The van der Waals surface area contributed by atoms with Crippen LogP contribution in [0.4, 0.5) is 0 Å². The number of rotatable bonds is 8. The van der Waals surface area contributed by atoms with E-state index in [0.29, 0.717) is 18.7 Å². The molecule has 6 heteroatoms. The number of nitrogens with one attached hydrogen (secondary N) is 2. The summed E-state index contributed by atoms with van der Waals surface area (Å²) in [5.74, 6) is -0.431. The fraction of sp³-hybridized carbons (Fsp3) is 0.533. The van der Waals surface area contributed by atoms with Crippen LogP contribution in [-0.4, -0.2) is 55.4 Å². The normalized spacial score (nSPS) is 10.5. The third-order valence-corrected chi connectivity index (χ3v) is 2.86. The molecule has 0 aromatic carbocycles.